The molecule has 1 saturated heterocycles. The van der Waals surface area contributed by atoms with E-state index in [1.54, 1.807) is 23.1 Å². The van der Waals surface area contributed by atoms with Gasteiger partial charge in [-0.2, -0.15) is 4.31 Å². The molecule has 1 aromatic rings. The maximum absolute atomic E-state index is 13.4. The first-order valence-electron chi connectivity index (χ1n) is 11.9. The molecule has 176 valence electrons. The summed E-state index contributed by atoms with van der Waals surface area (Å²) in [5.74, 6) is 0.113. The van der Waals surface area contributed by atoms with Crippen molar-refractivity contribution in [2.45, 2.75) is 82.7 Å². The molecule has 2 heterocycles. The third kappa shape index (κ3) is 4.44. The first kappa shape index (κ1) is 23.2. The summed E-state index contributed by atoms with van der Waals surface area (Å²) in [6, 6.07) is 5.26. The Labute approximate surface area is 191 Å². The van der Waals surface area contributed by atoms with Crippen LogP contribution in [0.5, 0.6) is 0 Å². The Morgan fingerprint density at radius 1 is 1.06 bits per heavy atom. The lowest BCUT2D eigenvalue weighted by atomic mass is 9.85. The fourth-order valence-corrected chi connectivity index (χ4v) is 7.18. The largest absolute Gasteiger partial charge is 0.353 e. The normalized spacial score (nSPS) is 28.9. The lowest BCUT2D eigenvalue weighted by Crippen LogP contribution is -2.49. The number of hydrogen-bond donors (Lipinski definition) is 1. The van der Waals surface area contributed by atoms with Crippen LogP contribution in [-0.4, -0.2) is 49.7 Å². The van der Waals surface area contributed by atoms with Gasteiger partial charge in [0.1, 0.15) is 0 Å². The maximum Gasteiger partial charge on any atom is 0.243 e. The van der Waals surface area contributed by atoms with Gasteiger partial charge in [-0.1, -0.05) is 19.8 Å². The van der Waals surface area contributed by atoms with Crippen molar-refractivity contribution < 1.29 is 18.0 Å². The van der Waals surface area contributed by atoms with Gasteiger partial charge in [0.05, 0.1) is 10.8 Å². The zero-order chi connectivity index (χ0) is 23.0. The average molecular weight is 462 g/mol. The first-order valence-corrected chi connectivity index (χ1v) is 13.4. The van der Waals surface area contributed by atoms with Gasteiger partial charge >= 0.3 is 0 Å². The van der Waals surface area contributed by atoms with Crippen molar-refractivity contribution in [3.05, 3.63) is 23.8 Å². The van der Waals surface area contributed by atoms with E-state index in [9.17, 15) is 18.0 Å². The second kappa shape index (κ2) is 9.14. The van der Waals surface area contributed by atoms with Crippen molar-refractivity contribution in [2.75, 3.05) is 18.0 Å². The van der Waals surface area contributed by atoms with Crippen LogP contribution in [0.4, 0.5) is 5.69 Å². The van der Waals surface area contributed by atoms with Gasteiger partial charge in [0.25, 0.3) is 0 Å². The molecule has 2 amide bonds. The molecule has 0 radical (unpaired) electrons. The molecule has 2 fully saturated rings. The molecular formula is C24H35N3O4S. The molecule has 3 aliphatic rings. The van der Waals surface area contributed by atoms with E-state index < -0.39 is 10.0 Å². The minimum atomic E-state index is -3.70. The predicted molar refractivity (Wildman–Crippen MR) is 124 cm³/mol. The molecule has 4 rings (SSSR count). The Balaban J connectivity index is 1.48. The van der Waals surface area contributed by atoms with E-state index in [1.165, 1.54) is 17.6 Å². The fraction of sp³-hybridized carbons (Fsp3) is 0.667. The number of benzene rings is 1. The molecule has 32 heavy (non-hydrogen) atoms. The number of carbonyl (C=O) groups is 2. The highest BCUT2D eigenvalue weighted by molar-refractivity contribution is 7.89. The zero-order valence-corrected chi connectivity index (χ0v) is 20.2. The molecular weight excluding hydrogens is 426 g/mol. The van der Waals surface area contributed by atoms with E-state index in [0.29, 0.717) is 31.7 Å². The van der Waals surface area contributed by atoms with Gasteiger partial charge in [0.15, 0.2) is 0 Å². The third-order valence-corrected chi connectivity index (χ3v) is 9.30. The Morgan fingerprint density at radius 3 is 2.53 bits per heavy atom. The third-order valence-electron chi connectivity index (χ3n) is 7.44. The second-order valence-electron chi connectivity index (χ2n) is 9.81. The minimum absolute atomic E-state index is 0.0106. The van der Waals surface area contributed by atoms with E-state index in [2.05, 4.69) is 12.2 Å². The molecule has 8 heteroatoms. The van der Waals surface area contributed by atoms with Crippen molar-refractivity contribution in [1.29, 1.82) is 0 Å². The van der Waals surface area contributed by atoms with Gasteiger partial charge in [0.2, 0.25) is 21.8 Å². The summed E-state index contributed by atoms with van der Waals surface area (Å²) in [6.45, 7) is 6.34. The van der Waals surface area contributed by atoms with Crippen molar-refractivity contribution in [2.24, 2.45) is 11.8 Å². The first-order chi connectivity index (χ1) is 15.2. The van der Waals surface area contributed by atoms with Crippen LogP contribution < -0.4 is 10.2 Å². The molecule has 2 aliphatic heterocycles. The van der Waals surface area contributed by atoms with E-state index in [1.807, 2.05) is 6.92 Å². The number of sulfonamides is 1. The van der Waals surface area contributed by atoms with Crippen LogP contribution in [0, 0.1) is 11.8 Å². The second-order valence-corrected chi connectivity index (χ2v) is 11.7. The van der Waals surface area contributed by atoms with E-state index in [4.69, 9.17) is 0 Å². The monoisotopic (exact) mass is 461 g/mol. The quantitative estimate of drug-likeness (QED) is 0.747. The summed E-state index contributed by atoms with van der Waals surface area (Å²) in [4.78, 5) is 26.9. The van der Waals surface area contributed by atoms with Gasteiger partial charge in [-0.05, 0) is 68.7 Å². The summed E-state index contributed by atoms with van der Waals surface area (Å²) in [6.07, 6.45) is 6.53. The molecule has 0 bridgehead atoms. The number of nitrogens with one attached hydrogen (secondary N) is 1. The van der Waals surface area contributed by atoms with E-state index >= 15 is 0 Å². The summed E-state index contributed by atoms with van der Waals surface area (Å²) < 4.78 is 28.3. The number of carbonyl (C=O) groups excluding carboxylic acids is 2. The number of fused-ring (bicyclic) bond motifs is 1. The molecule has 0 spiro atoms. The van der Waals surface area contributed by atoms with Crippen LogP contribution in [0.2, 0.25) is 0 Å². The lowest BCUT2D eigenvalue weighted by molar-refractivity contribution is -0.127. The Bertz CT molecular complexity index is 993. The minimum Gasteiger partial charge on any atom is -0.353 e. The van der Waals surface area contributed by atoms with Gasteiger partial charge in [-0.15, -0.1) is 0 Å². The Morgan fingerprint density at radius 2 is 1.81 bits per heavy atom. The van der Waals surface area contributed by atoms with Crippen LogP contribution in [0.3, 0.4) is 0 Å². The summed E-state index contributed by atoms with van der Waals surface area (Å²) in [5.41, 5.74) is 1.67. The summed E-state index contributed by atoms with van der Waals surface area (Å²) in [7, 11) is -3.70. The van der Waals surface area contributed by atoms with Gasteiger partial charge in [0, 0.05) is 37.8 Å². The van der Waals surface area contributed by atoms with Crippen LogP contribution in [0.15, 0.2) is 23.1 Å². The number of hydrogen-bond acceptors (Lipinski definition) is 4. The van der Waals surface area contributed by atoms with Crippen molar-refractivity contribution in [1.82, 2.24) is 9.62 Å². The van der Waals surface area contributed by atoms with Gasteiger partial charge < -0.3 is 10.2 Å². The van der Waals surface area contributed by atoms with Crippen molar-refractivity contribution >= 4 is 27.5 Å². The number of anilines is 1. The molecule has 0 unspecified atom stereocenters. The van der Waals surface area contributed by atoms with E-state index in [-0.39, 0.29) is 41.3 Å². The molecule has 4 atom stereocenters. The number of rotatable bonds is 4. The zero-order valence-electron chi connectivity index (χ0n) is 19.3. The topological polar surface area (TPSA) is 86.8 Å². The number of nitrogens with zero attached hydrogens (tertiary/aromatic N) is 2. The van der Waals surface area contributed by atoms with Crippen LogP contribution in [-0.2, 0) is 26.0 Å². The Kier molecular flexibility index (Phi) is 6.63. The van der Waals surface area contributed by atoms with E-state index in [0.717, 1.165) is 30.5 Å². The average Bonchev–Trinajstić information content (AvgIpc) is 3.10. The van der Waals surface area contributed by atoms with Gasteiger partial charge in [-0.3, -0.25) is 9.59 Å². The highest BCUT2D eigenvalue weighted by Gasteiger charge is 2.36. The predicted octanol–water partition coefficient (Wildman–Crippen LogP) is 3.08. The molecule has 1 aliphatic carbocycles. The van der Waals surface area contributed by atoms with Gasteiger partial charge in [-0.25, -0.2) is 8.42 Å². The van der Waals surface area contributed by atoms with Crippen LogP contribution >= 0.6 is 0 Å². The lowest BCUT2D eigenvalue weighted by Gasteiger charge is -2.34. The fourth-order valence-electron chi connectivity index (χ4n) is 5.60. The van der Waals surface area contributed by atoms with Crippen molar-refractivity contribution in [3.63, 3.8) is 0 Å². The molecule has 1 N–H and O–H groups in total. The summed E-state index contributed by atoms with van der Waals surface area (Å²) in [5, 5.41) is 3.21. The SMILES string of the molecule is CC(=O)N1c2ccc(S(=O)(=O)N3CCC[C@H](C(=O)N[C@@H]4CCCC[C@H]4C)C3)cc2C[C@H]1C. The highest BCUT2D eigenvalue weighted by atomic mass is 32.2. The summed E-state index contributed by atoms with van der Waals surface area (Å²) >= 11 is 0. The highest BCUT2D eigenvalue weighted by Crippen LogP contribution is 2.35. The maximum atomic E-state index is 13.4. The molecule has 1 saturated carbocycles. The number of amides is 2. The smallest absolute Gasteiger partial charge is 0.243 e. The Hall–Kier alpha value is -1.93. The molecule has 0 aromatic heterocycles. The van der Waals surface area contributed by atoms with Crippen molar-refractivity contribution in [3.8, 4) is 0 Å². The standard InChI is InChI=1S/C24H35N3O4S/c1-16-7-4-5-9-22(16)25-24(29)19-8-6-12-26(15-19)32(30,31)21-10-11-23-20(14-21)13-17(2)27(23)18(3)28/h10-11,14,16-17,19,22H,4-9,12-13,15H2,1-3H3,(H,25,29)/t16-,17-,19+,22-/m1/s1. The van der Waals surface area contributed by atoms with Crippen LogP contribution in [0.1, 0.15) is 64.9 Å². The number of piperidine rings is 1. The molecule has 7 nitrogen and oxygen atoms in total. The van der Waals surface area contributed by atoms with Crippen LogP contribution in [0.25, 0.3) is 0 Å². The molecule has 1 aromatic carbocycles.